The molecule has 0 aliphatic carbocycles. The molecule has 3 N–H and O–H groups in total. The van der Waals surface area contributed by atoms with Crippen molar-refractivity contribution in [3.05, 3.63) is 59.8 Å². The normalized spacial score (nSPS) is 21.5. The molecule has 0 spiro atoms. The van der Waals surface area contributed by atoms with Gasteiger partial charge in [0.2, 0.25) is 0 Å². The Balaban J connectivity index is 1.84. The molecule has 4 rings (SSSR count). The first kappa shape index (κ1) is 19.7. The Kier molecular flexibility index (Phi) is 4.99. The highest BCUT2D eigenvalue weighted by Crippen LogP contribution is 2.40. The molecule has 1 fully saturated rings. The Morgan fingerprint density at radius 2 is 1.86 bits per heavy atom. The summed E-state index contributed by atoms with van der Waals surface area (Å²) in [4.78, 5) is 15.4. The van der Waals surface area contributed by atoms with Crippen LogP contribution in [0.3, 0.4) is 0 Å². The number of aromatic amines is 1. The van der Waals surface area contributed by atoms with Crippen LogP contribution in [0.15, 0.2) is 48.7 Å². The maximum absolute atomic E-state index is 12.5. The Hall–Kier alpha value is -2.60. The molecule has 1 aliphatic heterocycles. The molecule has 5 nitrogen and oxygen atoms in total. The summed E-state index contributed by atoms with van der Waals surface area (Å²) in [6, 6.07) is 13.8. The van der Waals surface area contributed by atoms with Crippen LogP contribution >= 0.6 is 0 Å². The lowest BCUT2D eigenvalue weighted by Gasteiger charge is -2.31. The number of hydrogen-bond acceptors (Lipinski definition) is 3. The molecule has 0 saturated carbocycles. The van der Waals surface area contributed by atoms with Crippen LogP contribution in [-0.4, -0.2) is 30.3 Å². The molecular weight excluding hydrogens is 384 g/mol. The van der Waals surface area contributed by atoms with Crippen molar-refractivity contribution in [2.45, 2.75) is 37.9 Å². The number of fused-ring (bicyclic) bond motifs is 1. The lowest BCUT2D eigenvalue weighted by molar-refractivity contribution is 0.100. The van der Waals surface area contributed by atoms with Crippen molar-refractivity contribution >= 4 is 26.6 Å². The van der Waals surface area contributed by atoms with Crippen LogP contribution in [-0.2, 0) is 9.84 Å². The molecular formula is C23H26N2O3S. The standard InChI is InChI=1S/C23H26N2O3S/c1-14(2)21-12-16(8-9-29(21,27)28)20-13-25-22-18(20)10-17(11-19(22)23(24)26)15-6-4-3-5-7-15/h3-7,10-11,13-14,16,21,25H,8-9,12H2,1-2H3,(H2,24,26)/t16-,21-/m1/s1. The molecule has 2 heterocycles. The van der Waals surface area contributed by atoms with E-state index in [2.05, 4.69) is 11.1 Å². The molecule has 3 aromatic rings. The van der Waals surface area contributed by atoms with Crippen molar-refractivity contribution in [2.75, 3.05) is 5.75 Å². The highest BCUT2D eigenvalue weighted by atomic mass is 32.2. The van der Waals surface area contributed by atoms with E-state index in [0.717, 1.165) is 27.6 Å². The fourth-order valence-electron chi connectivity index (χ4n) is 4.55. The third-order valence-corrected chi connectivity index (χ3v) is 8.57. The van der Waals surface area contributed by atoms with E-state index in [9.17, 15) is 13.2 Å². The van der Waals surface area contributed by atoms with E-state index < -0.39 is 15.7 Å². The van der Waals surface area contributed by atoms with Gasteiger partial charge < -0.3 is 10.7 Å². The summed E-state index contributed by atoms with van der Waals surface area (Å²) < 4.78 is 25.0. The fraction of sp³-hybridized carbons (Fsp3) is 0.348. The zero-order chi connectivity index (χ0) is 20.8. The summed E-state index contributed by atoms with van der Waals surface area (Å²) in [5.74, 6) is -0.0678. The number of nitrogens with one attached hydrogen (secondary N) is 1. The summed E-state index contributed by atoms with van der Waals surface area (Å²) >= 11 is 0. The van der Waals surface area contributed by atoms with E-state index in [1.807, 2.05) is 56.4 Å². The Morgan fingerprint density at radius 3 is 2.52 bits per heavy atom. The maximum Gasteiger partial charge on any atom is 0.250 e. The number of carbonyl (C=O) groups is 1. The number of aromatic nitrogens is 1. The van der Waals surface area contributed by atoms with Gasteiger partial charge in [-0.1, -0.05) is 44.2 Å². The highest BCUT2D eigenvalue weighted by molar-refractivity contribution is 7.92. The summed E-state index contributed by atoms with van der Waals surface area (Å²) in [5.41, 5.74) is 9.86. The van der Waals surface area contributed by atoms with Gasteiger partial charge in [-0.2, -0.15) is 0 Å². The molecule has 0 radical (unpaired) electrons. The second-order valence-electron chi connectivity index (χ2n) is 8.29. The van der Waals surface area contributed by atoms with Crippen LogP contribution in [0.2, 0.25) is 0 Å². The quantitative estimate of drug-likeness (QED) is 0.673. The predicted octanol–water partition coefficient (Wildman–Crippen LogP) is 4.25. The number of carbonyl (C=O) groups excluding carboxylic acids is 1. The number of primary amides is 1. The first-order valence-electron chi connectivity index (χ1n) is 9.99. The average Bonchev–Trinajstić information content (AvgIpc) is 3.11. The van der Waals surface area contributed by atoms with Crippen molar-refractivity contribution in [3.63, 3.8) is 0 Å². The number of hydrogen-bond donors (Lipinski definition) is 2. The lowest BCUT2D eigenvalue weighted by Crippen LogP contribution is -2.35. The maximum atomic E-state index is 12.5. The molecule has 2 atom stereocenters. The number of benzene rings is 2. The van der Waals surface area contributed by atoms with Crippen LogP contribution in [0.5, 0.6) is 0 Å². The number of amides is 1. The number of H-pyrrole nitrogens is 1. The van der Waals surface area contributed by atoms with Crippen molar-refractivity contribution < 1.29 is 13.2 Å². The van der Waals surface area contributed by atoms with E-state index in [0.29, 0.717) is 18.4 Å². The first-order valence-corrected chi connectivity index (χ1v) is 11.7. The zero-order valence-electron chi connectivity index (χ0n) is 16.7. The molecule has 1 aliphatic rings. The molecule has 6 heteroatoms. The molecule has 152 valence electrons. The molecule has 2 aromatic carbocycles. The smallest absolute Gasteiger partial charge is 0.250 e. The minimum absolute atomic E-state index is 0.0778. The number of sulfone groups is 1. The topological polar surface area (TPSA) is 93.0 Å². The predicted molar refractivity (Wildman–Crippen MR) is 117 cm³/mol. The molecule has 0 unspecified atom stereocenters. The monoisotopic (exact) mass is 410 g/mol. The second-order valence-corrected chi connectivity index (χ2v) is 10.6. The largest absolute Gasteiger partial charge is 0.366 e. The van der Waals surface area contributed by atoms with E-state index in [4.69, 9.17) is 5.73 Å². The van der Waals surface area contributed by atoms with Gasteiger partial charge in [0.25, 0.3) is 5.91 Å². The second kappa shape index (κ2) is 7.34. The van der Waals surface area contributed by atoms with Crippen LogP contribution in [0.4, 0.5) is 0 Å². The van der Waals surface area contributed by atoms with Gasteiger partial charge in [-0.3, -0.25) is 4.79 Å². The molecule has 0 bridgehead atoms. The van der Waals surface area contributed by atoms with E-state index in [-0.39, 0.29) is 22.8 Å². The summed E-state index contributed by atoms with van der Waals surface area (Å²) in [6.07, 6.45) is 3.13. The third-order valence-electron chi connectivity index (χ3n) is 6.11. The molecule has 1 aromatic heterocycles. The Morgan fingerprint density at radius 1 is 1.14 bits per heavy atom. The van der Waals surface area contributed by atoms with Crippen LogP contribution in [0.25, 0.3) is 22.0 Å². The minimum atomic E-state index is -3.06. The first-order chi connectivity index (χ1) is 13.8. The van der Waals surface area contributed by atoms with Crippen LogP contribution in [0, 0.1) is 5.92 Å². The molecule has 1 amide bonds. The molecule has 1 saturated heterocycles. The van der Waals surface area contributed by atoms with Crippen molar-refractivity contribution in [3.8, 4) is 11.1 Å². The van der Waals surface area contributed by atoms with Crippen LogP contribution < -0.4 is 5.73 Å². The van der Waals surface area contributed by atoms with Crippen LogP contribution in [0.1, 0.15) is 48.5 Å². The van der Waals surface area contributed by atoms with Gasteiger partial charge in [-0.05, 0) is 53.5 Å². The average molecular weight is 411 g/mol. The summed E-state index contributed by atoms with van der Waals surface area (Å²) in [7, 11) is -3.06. The molecule has 29 heavy (non-hydrogen) atoms. The van der Waals surface area contributed by atoms with Gasteiger partial charge in [-0.25, -0.2) is 8.42 Å². The summed E-state index contributed by atoms with van der Waals surface area (Å²) in [5, 5.41) is 0.617. The van der Waals surface area contributed by atoms with E-state index >= 15 is 0 Å². The van der Waals surface area contributed by atoms with Gasteiger partial charge in [-0.15, -0.1) is 0 Å². The lowest BCUT2D eigenvalue weighted by atomic mass is 9.87. The minimum Gasteiger partial charge on any atom is -0.366 e. The van der Waals surface area contributed by atoms with Gasteiger partial charge in [0.15, 0.2) is 9.84 Å². The van der Waals surface area contributed by atoms with E-state index in [1.54, 1.807) is 0 Å². The van der Waals surface area contributed by atoms with Crippen molar-refractivity contribution in [1.82, 2.24) is 4.98 Å². The highest BCUT2D eigenvalue weighted by Gasteiger charge is 2.37. The van der Waals surface area contributed by atoms with Crippen molar-refractivity contribution in [1.29, 1.82) is 0 Å². The van der Waals surface area contributed by atoms with Gasteiger partial charge in [0.05, 0.1) is 22.1 Å². The third kappa shape index (κ3) is 3.57. The Labute approximate surface area is 171 Å². The number of nitrogens with two attached hydrogens (primary N) is 1. The SMILES string of the molecule is CC(C)[C@H]1C[C@H](c2c[nH]c3c(C(N)=O)cc(-c4ccccc4)cc23)CCS1(=O)=O. The Bertz CT molecular complexity index is 1160. The van der Waals surface area contributed by atoms with Gasteiger partial charge in [0, 0.05) is 11.6 Å². The van der Waals surface area contributed by atoms with E-state index in [1.165, 1.54) is 0 Å². The fourth-order valence-corrected chi connectivity index (χ4v) is 6.83. The number of rotatable bonds is 4. The van der Waals surface area contributed by atoms with Crippen molar-refractivity contribution in [2.24, 2.45) is 11.7 Å². The van der Waals surface area contributed by atoms with Gasteiger partial charge >= 0.3 is 0 Å². The summed E-state index contributed by atoms with van der Waals surface area (Å²) in [6.45, 7) is 3.94. The zero-order valence-corrected chi connectivity index (χ0v) is 17.5. The van der Waals surface area contributed by atoms with Gasteiger partial charge in [0.1, 0.15) is 0 Å².